The van der Waals surface area contributed by atoms with Gasteiger partial charge >= 0.3 is 0 Å². The molecule has 2 nitrogen and oxygen atoms in total. The first-order valence-electron chi connectivity index (χ1n) is 7.55. The second-order valence-corrected chi connectivity index (χ2v) is 6.46. The van der Waals surface area contributed by atoms with Crippen LogP contribution < -0.4 is 5.32 Å². The predicted molar refractivity (Wildman–Crippen MR) is 80.1 cm³/mol. The Morgan fingerprint density at radius 2 is 1.79 bits per heavy atom. The van der Waals surface area contributed by atoms with Gasteiger partial charge in [-0.05, 0) is 55.7 Å². The predicted octanol–water partition coefficient (Wildman–Crippen LogP) is 3.31. The molecular weight excluding hydrogens is 234 g/mol. The summed E-state index contributed by atoms with van der Waals surface area (Å²) >= 11 is 0. The zero-order valence-electron chi connectivity index (χ0n) is 12.4. The van der Waals surface area contributed by atoms with E-state index in [0.29, 0.717) is 17.9 Å². The molecule has 1 aromatic rings. The SMILES string of the molecule is CC(C)Cc1ccc(C(C)NCC2CC(O)C2)cc1. The molecule has 0 saturated heterocycles. The molecule has 19 heavy (non-hydrogen) atoms. The first-order chi connectivity index (χ1) is 9.04. The van der Waals surface area contributed by atoms with Crippen LogP contribution in [0, 0.1) is 11.8 Å². The van der Waals surface area contributed by atoms with E-state index in [4.69, 9.17) is 0 Å². The molecule has 0 heterocycles. The largest absolute Gasteiger partial charge is 0.393 e. The molecular formula is C17H27NO. The highest BCUT2D eigenvalue weighted by molar-refractivity contribution is 5.25. The van der Waals surface area contributed by atoms with E-state index >= 15 is 0 Å². The first-order valence-corrected chi connectivity index (χ1v) is 7.55. The normalized spacial score (nSPS) is 24.3. The lowest BCUT2D eigenvalue weighted by molar-refractivity contribution is 0.0420. The van der Waals surface area contributed by atoms with Gasteiger partial charge in [0.15, 0.2) is 0 Å². The number of aliphatic hydroxyl groups is 1. The second kappa shape index (κ2) is 6.53. The Kier molecular flexibility index (Phi) is 5.00. The Morgan fingerprint density at radius 1 is 1.16 bits per heavy atom. The third-order valence-corrected chi connectivity index (χ3v) is 4.05. The summed E-state index contributed by atoms with van der Waals surface area (Å²) in [6.07, 6.45) is 3.04. The van der Waals surface area contributed by atoms with Gasteiger partial charge in [-0.3, -0.25) is 0 Å². The van der Waals surface area contributed by atoms with Gasteiger partial charge in [-0.25, -0.2) is 0 Å². The zero-order chi connectivity index (χ0) is 13.8. The average molecular weight is 261 g/mol. The number of hydrogen-bond donors (Lipinski definition) is 2. The first kappa shape index (κ1) is 14.5. The molecule has 1 aromatic carbocycles. The van der Waals surface area contributed by atoms with Crippen LogP contribution >= 0.6 is 0 Å². The van der Waals surface area contributed by atoms with Crippen LogP contribution in [-0.4, -0.2) is 17.8 Å². The molecule has 2 heteroatoms. The highest BCUT2D eigenvalue weighted by atomic mass is 16.3. The summed E-state index contributed by atoms with van der Waals surface area (Å²) in [5.74, 6) is 1.38. The van der Waals surface area contributed by atoms with Gasteiger partial charge < -0.3 is 10.4 Å². The van der Waals surface area contributed by atoms with Crippen LogP contribution in [0.2, 0.25) is 0 Å². The van der Waals surface area contributed by atoms with Crippen molar-refractivity contribution in [3.8, 4) is 0 Å². The van der Waals surface area contributed by atoms with E-state index in [0.717, 1.165) is 25.8 Å². The van der Waals surface area contributed by atoms with Crippen LogP contribution in [-0.2, 0) is 6.42 Å². The van der Waals surface area contributed by atoms with E-state index in [1.807, 2.05) is 0 Å². The monoisotopic (exact) mass is 261 g/mol. The van der Waals surface area contributed by atoms with Crippen molar-refractivity contribution in [2.45, 2.75) is 52.2 Å². The Bertz CT molecular complexity index is 379. The summed E-state index contributed by atoms with van der Waals surface area (Å²) in [6.45, 7) is 7.74. The zero-order valence-corrected chi connectivity index (χ0v) is 12.4. The van der Waals surface area contributed by atoms with Gasteiger partial charge in [0.1, 0.15) is 0 Å². The molecule has 1 aliphatic rings. The molecule has 1 fully saturated rings. The Balaban J connectivity index is 1.80. The third-order valence-electron chi connectivity index (χ3n) is 4.05. The molecule has 2 N–H and O–H groups in total. The van der Waals surface area contributed by atoms with Gasteiger partial charge in [-0.1, -0.05) is 38.1 Å². The van der Waals surface area contributed by atoms with E-state index in [2.05, 4.69) is 50.4 Å². The lowest BCUT2D eigenvalue weighted by Gasteiger charge is -2.32. The molecule has 0 amide bonds. The highest BCUT2D eigenvalue weighted by Crippen LogP contribution is 2.27. The Labute approximate surface area is 117 Å². The standard InChI is InChI=1S/C17H27NO/c1-12(2)8-14-4-6-16(7-5-14)13(3)18-11-15-9-17(19)10-15/h4-7,12-13,15,17-19H,8-11H2,1-3H3. The van der Waals surface area contributed by atoms with Crippen LogP contribution in [0.4, 0.5) is 0 Å². The van der Waals surface area contributed by atoms with Gasteiger partial charge in [0.25, 0.3) is 0 Å². The minimum Gasteiger partial charge on any atom is -0.393 e. The van der Waals surface area contributed by atoms with E-state index in [9.17, 15) is 5.11 Å². The van der Waals surface area contributed by atoms with Gasteiger partial charge in [-0.2, -0.15) is 0 Å². The lowest BCUT2D eigenvalue weighted by atomic mass is 9.82. The fraction of sp³-hybridized carbons (Fsp3) is 0.647. The summed E-state index contributed by atoms with van der Waals surface area (Å²) in [7, 11) is 0. The van der Waals surface area contributed by atoms with Gasteiger partial charge in [-0.15, -0.1) is 0 Å². The highest BCUT2D eigenvalue weighted by Gasteiger charge is 2.26. The molecule has 0 aromatic heterocycles. The summed E-state index contributed by atoms with van der Waals surface area (Å²) in [4.78, 5) is 0. The van der Waals surface area contributed by atoms with Crippen molar-refractivity contribution in [2.24, 2.45) is 11.8 Å². The minimum atomic E-state index is -0.0441. The maximum Gasteiger partial charge on any atom is 0.0546 e. The number of benzene rings is 1. The number of nitrogens with one attached hydrogen (secondary N) is 1. The second-order valence-electron chi connectivity index (χ2n) is 6.46. The number of hydrogen-bond acceptors (Lipinski definition) is 2. The Hall–Kier alpha value is -0.860. The molecule has 1 atom stereocenters. The average Bonchev–Trinajstić information content (AvgIpc) is 2.33. The fourth-order valence-corrected chi connectivity index (χ4v) is 2.74. The van der Waals surface area contributed by atoms with Crippen molar-refractivity contribution in [2.75, 3.05) is 6.54 Å². The quantitative estimate of drug-likeness (QED) is 0.823. The van der Waals surface area contributed by atoms with E-state index in [1.165, 1.54) is 11.1 Å². The van der Waals surface area contributed by atoms with Crippen molar-refractivity contribution >= 4 is 0 Å². The van der Waals surface area contributed by atoms with Crippen LogP contribution in [0.5, 0.6) is 0 Å². The molecule has 0 bridgehead atoms. The molecule has 2 rings (SSSR count). The molecule has 0 aliphatic heterocycles. The third kappa shape index (κ3) is 4.32. The van der Waals surface area contributed by atoms with Crippen molar-refractivity contribution in [3.63, 3.8) is 0 Å². The van der Waals surface area contributed by atoms with E-state index in [1.54, 1.807) is 0 Å². The topological polar surface area (TPSA) is 32.3 Å². The van der Waals surface area contributed by atoms with Crippen molar-refractivity contribution < 1.29 is 5.11 Å². The van der Waals surface area contributed by atoms with Crippen LogP contribution in [0.3, 0.4) is 0 Å². The number of aliphatic hydroxyl groups excluding tert-OH is 1. The van der Waals surface area contributed by atoms with Crippen molar-refractivity contribution in [1.29, 1.82) is 0 Å². The summed E-state index contributed by atoms with van der Waals surface area (Å²) in [5.41, 5.74) is 2.78. The lowest BCUT2D eigenvalue weighted by Crippen LogP contribution is -2.36. The summed E-state index contributed by atoms with van der Waals surface area (Å²) in [6, 6.07) is 9.38. The molecule has 1 aliphatic carbocycles. The summed E-state index contributed by atoms with van der Waals surface area (Å²) in [5, 5.41) is 12.8. The van der Waals surface area contributed by atoms with Gasteiger partial charge in [0, 0.05) is 6.04 Å². The van der Waals surface area contributed by atoms with Gasteiger partial charge in [0.05, 0.1) is 6.10 Å². The van der Waals surface area contributed by atoms with Gasteiger partial charge in [0.2, 0.25) is 0 Å². The smallest absolute Gasteiger partial charge is 0.0546 e. The molecule has 0 radical (unpaired) electrons. The van der Waals surface area contributed by atoms with Crippen molar-refractivity contribution in [1.82, 2.24) is 5.32 Å². The maximum atomic E-state index is 9.28. The van der Waals surface area contributed by atoms with Crippen molar-refractivity contribution in [3.05, 3.63) is 35.4 Å². The summed E-state index contributed by atoms with van der Waals surface area (Å²) < 4.78 is 0. The molecule has 1 saturated carbocycles. The fourth-order valence-electron chi connectivity index (χ4n) is 2.74. The molecule has 0 spiro atoms. The molecule has 106 valence electrons. The van der Waals surface area contributed by atoms with E-state index < -0.39 is 0 Å². The van der Waals surface area contributed by atoms with Crippen LogP contribution in [0.15, 0.2) is 24.3 Å². The number of rotatable bonds is 6. The van der Waals surface area contributed by atoms with Crippen LogP contribution in [0.25, 0.3) is 0 Å². The molecule has 1 unspecified atom stereocenters. The minimum absolute atomic E-state index is 0.0441. The maximum absolute atomic E-state index is 9.28. The Morgan fingerprint density at radius 3 is 2.32 bits per heavy atom. The van der Waals surface area contributed by atoms with Crippen LogP contribution in [0.1, 0.15) is 50.8 Å². The van der Waals surface area contributed by atoms with E-state index in [-0.39, 0.29) is 6.10 Å².